The van der Waals surface area contributed by atoms with Crippen LogP contribution in [0, 0.1) is 0 Å². The lowest BCUT2D eigenvalue weighted by Gasteiger charge is -2.24. The van der Waals surface area contributed by atoms with Gasteiger partial charge in [-0.3, -0.25) is 0 Å². The third-order valence-electron chi connectivity index (χ3n) is 4.02. The first-order valence-electron chi connectivity index (χ1n) is 7.68. The summed E-state index contributed by atoms with van der Waals surface area (Å²) in [7, 11) is 0. The van der Waals surface area contributed by atoms with Crippen molar-refractivity contribution < 1.29 is 9.53 Å². The number of rotatable bonds is 1. The van der Waals surface area contributed by atoms with Gasteiger partial charge in [-0.15, -0.1) is 0 Å². The number of fused-ring (bicyclic) bond motifs is 1. The number of aromatic amines is 1. The molecule has 0 aliphatic carbocycles. The molecule has 1 aromatic heterocycles. The van der Waals surface area contributed by atoms with Gasteiger partial charge < -0.3 is 20.4 Å². The largest absolute Gasteiger partial charge is 0.444 e. The van der Waals surface area contributed by atoms with Crippen LogP contribution in [0.1, 0.15) is 38.7 Å². The van der Waals surface area contributed by atoms with Gasteiger partial charge in [0.1, 0.15) is 5.60 Å². The fourth-order valence-corrected chi connectivity index (χ4v) is 3.00. The molecule has 1 saturated heterocycles. The van der Waals surface area contributed by atoms with E-state index in [0.717, 1.165) is 29.6 Å². The SMILES string of the molecule is CC(C)(C)OC(=O)N1CCC(c2c[nH]c3ccc(N)cc23)C1. The molecule has 3 rings (SSSR count). The predicted molar refractivity (Wildman–Crippen MR) is 87.9 cm³/mol. The molecule has 5 heteroatoms. The Morgan fingerprint density at radius 2 is 2.18 bits per heavy atom. The summed E-state index contributed by atoms with van der Waals surface area (Å²) in [5.74, 6) is 0.322. The normalized spacial score (nSPS) is 18.9. The number of carbonyl (C=O) groups is 1. The summed E-state index contributed by atoms with van der Waals surface area (Å²) in [5.41, 5.74) is 8.52. The molecule has 0 radical (unpaired) electrons. The molecule has 118 valence electrons. The second-order valence-electron chi connectivity index (χ2n) is 6.96. The van der Waals surface area contributed by atoms with E-state index in [-0.39, 0.29) is 6.09 Å². The Morgan fingerprint density at radius 1 is 1.41 bits per heavy atom. The number of nitrogen functional groups attached to an aromatic ring is 1. The minimum absolute atomic E-state index is 0.227. The molecule has 0 spiro atoms. The Hall–Kier alpha value is -2.17. The number of benzene rings is 1. The van der Waals surface area contributed by atoms with Gasteiger partial charge >= 0.3 is 6.09 Å². The van der Waals surface area contributed by atoms with E-state index in [4.69, 9.17) is 10.5 Å². The number of anilines is 1. The fourth-order valence-electron chi connectivity index (χ4n) is 3.00. The molecule has 2 heterocycles. The van der Waals surface area contributed by atoms with Crippen molar-refractivity contribution >= 4 is 22.7 Å². The van der Waals surface area contributed by atoms with Gasteiger partial charge in [0.25, 0.3) is 0 Å². The number of ether oxygens (including phenoxy) is 1. The Labute approximate surface area is 130 Å². The van der Waals surface area contributed by atoms with Gasteiger partial charge in [0.2, 0.25) is 0 Å². The van der Waals surface area contributed by atoms with Crippen molar-refractivity contribution in [2.24, 2.45) is 0 Å². The first kappa shape index (κ1) is 14.8. The summed E-state index contributed by atoms with van der Waals surface area (Å²) < 4.78 is 5.45. The molecular formula is C17H23N3O2. The number of nitrogens with one attached hydrogen (secondary N) is 1. The highest BCUT2D eigenvalue weighted by atomic mass is 16.6. The molecule has 1 aromatic carbocycles. The lowest BCUT2D eigenvalue weighted by atomic mass is 9.98. The molecule has 2 aromatic rings. The summed E-state index contributed by atoms with van der Waals surface area (Å²) in [4.78, 5) is 17.2. The number of nitrogens with zero attached hydrogens (tertiary/aromatic N) is 1. The van der Waals surface area contributed by atoms with Gasteiger partial charge in [-0.25, -0.2) is 4.79 Å². The van der Waals surface area contributed by atoms with Gasteiger partial charge in [0.05, 0.1) is 0 Å². The average molecular weight is 301 g/mol. The molecule has 0 saturated carbocycles. The number of likely N-dealkylation sites (tertiary alicyclic amines) is 1. The van der Waals surface area contributed by atoms with Crippen LogP contribution >= 0.6 is 0 Å². The summed E-state index contributed by atoms with van der Waals surface area (Å²) in [6.45, 7) is 7.09. The second-order valence-corrected chi connectivity index (χ2v) is 6.96. The molecule has 1 atom stereocenters. The maximum atomic E-state index is 12.2. The van der Waals surface area contributed by atoms with Crippen LogP contribution in [0.5, 0.6) is 0 Å². The highest BCUT2D eigenvalue weighted by Gasteiger charge is 2.31. The number of hydrogen-bond donors (Lipinski definition) is 2. The maximum Gasteiger partial charge on any atom is 0.410 e. The third-order valence-corrected chi connectivity index (χ3v) is 4.02. The van der Waals surface area contributed by atoms with E-state index in [1.165, 1.54) is 5.56 Å². The molecule has 0 bridgehead atoms. The van der Waals surface area contributed by atoms with E-state index < -0.39 is 5.60 Å². The fraction of sp³-hybridized carbons (Fsp3) is 0.471. The Bertz CT molecular complexity index is 699. The van der Waals surface area contributed by atoms with Crippen molar-refractivity contribution in [1.29, 1.82) is 0 Å². The summed E-state index contributed by atoms with van der Waals surface area (Å²) in [6, 6.07) is 5.89. The predicted octanol–water partition coefficient (Wildman–Crippen LogP) is 3.47. The van der Waals surface area contributed by atoms with Crippen LogP contribution in [0.25, 0.3) is 10.9 Å². The number of nitrogens with two attached hydrogens (primary N) is 1. The highest BCUT2D eigenvalue weighted by molar-refractivity contribution is 5.86. The van der Waals surface area contributed by atoms with Crippen LogP contribution in [0.15, 0.2) is 24.4 Å². The van der Waals surface area contributed by atoms with Gasteiger partial charge in [0, 0.05) is 41.8 Å². The van der Waals surface area contributed by atoms with E-state index in [1.807, 2.05) is 45.2 Å². The van der Waals surface area contributed by atoms with Gasteiger partial charge in [-0.05, 0) is 51.0 Å². The van der Waals surface area contributed by atoms with Crippen molar-refractivity contribution in [1.82, 2.24) is 9.88 Å². The number of H-pyrrole nitrogens is 1. The molecule has 1 fully saturated rings. The maximum absolute atomic E-state index is 12.2. The van der Waals surface area contributed by atoms with Crippen molar-refractivity contribution in [2.45, 2.75) is 38.7 Å². The standard InChI is InChI=1S/C17H23N3O2/c1-17(2,3)22-16(21)20-7-6-11(10-20)14-9-19-15-5-4-12(18)8-13(14)15/h4-5,8-9,11,19H,6-7,10,18H2,1-3H3. The van der Waals surface area contributed by atoms with Crippen LogP contribution in [0.3, 0.4) is 0 Å². The Kier molecular flexibility index (Phi) is 3.51. The van der Waals surface area contributed by atoms with Crippen LogP contribution < -0.4 is 5.73 Å². The molecule has 1 amide bonds. The number of carbonyl (C=O) groups excluding carboxylic acids is 1. The van der Waals surface area contributed by atoms with E-state index >= 15 is 0 Å². The molecular weight excluding hydrogens is 278 g/mol. The molecule has 1 unspecified atom stereocenters. The second kappa shape index (κ2) is 5.23. The minimum Gasteiger partial charge on any atom is -0.444 e. The monoisotopic (exact) mass is 301 g/mol. The van der Waals surface area contributed by atoms with Crippen LogP contribution in [-0.4, -0.2) is 34.7 Å². The van der Waals surface area contributed by atoms with Crippen molar-refractivity contribution in [3.8, 4) is 0 Å². The van der Waals surface area contributed by atoms with Crippen molar-refractivity contribution in [3.05, 3.63) is 30.0 Å². The lowest BCUT2D eigenvalue weighted by molar-refractivity contribution is 0.0292. The minimum atomic E-state index is -0.454. The quantitative estimate of drug-likeness (QED) is 0.792. The molecule has 22 heavy (non-hydrogen) atoms. The topological polar surface area (TPSA) is 71.3 Å². The Balaban J connectivity index is 1.77. The van der Waals surface area contributed by atoms with Crippen LogP contribution in [-0.2, 0) is 4.74 Å². The van der Waals surface area contributed by atoms with E-state index in [1.54, 1.807) is 4.90 Å². The van der Waals surface area contributed by atoms with E-state index in [0.29, 0.717) is 12.5 Å². The third kappa shape index (κ3) is 2.89. The number of hydrogen-bond acceptors (Lipinski definition) is 3. The smallest absolute Gasteiger partial charge is 0.410 e. The van der Waals surface area contributed by atoms with E-state index in [9.17, 15) is 4.79 Å². The number of amides is 1. The van der Waals surface area contributed by atoms with Crippen LogP contribution in [0.2, 0.25) is 0 Å². The van der Waals surface area contributed by atoms with Gasteiger partial charge in [-0.2, -0.15) is 0 Å². The van der Waals surface area contributed by atoms with Crippen molar-refractivity contribution in [3.63, 3.8) is 0 Å². The van der Waals surface area contributed by atoms with Crippen LogP contribution in [0.4, 0.5) is 10.5 Å². The molecule has 3 N–H and O–H groups in total. The van der Waals surface area contributed by atoms with Gasteiger partial charge in [-0.1, -0.05) is 0 Å². The molecule has 1 aliphatic rings. The zero-order valence-electron chi connectivity index (χ0n) is 13.3. The summed E-state index contributed by atoms with van der Waals surface area (Å²) >= 11 is 0. The average Bonchev–Trinajstić information content (AvgIpc) is 3.01. The number of aromatic nitrogens is 1. The summed E-state index contributed by atoms with van der Waals surface area (Å²) in [5, 5.41) is 1.15. The summed E-state index contributed by atoms with van der Waals surface area (Å²) in [6.07, 6.45) is 2.75. The first-order chi connectivity index (χ1) is 10.3. The molecule has 5 nitrogen and oxygen atoms in total. The van der Waals surface area contributed by atoms with Crippen molar-refractivity contribution in [2.75, 3.05) is 18.8 Å². The Morgan fingerprint density at radius 3 is 2.91 bits per heavy atom. The van der Waals surface area contributed by atoms with E-state index in [2.05, 4.69) is 4.98 Å². The molecule has 1 aliphatic heterocycles. The zero-order valence-corrected chi connectivity index (χ0v) is 13.3. The van der Waals surface area contributed by atoms with Gasteiger partial charge in [0.15, 0.2) is 0 Å². The lowest BCUT2D eigenvalue weighted by Crippen LogP contribution is -2.35. The highest BCUT2D eigenvalue weighted by Crippen LogP contribution is 2.33. The first-order valence-corrected chi connectivity index (χ1v) is 7.68. The zero-order chi connectivity index (χ0) is 15.9.